The van der Waals surface area contributed by atoms with E-state index in [9.17, 15) is 9.59 Å². The Morgan fingerprint density at radius 2 is 2.15 bits per heavy atom. The highest BCUT2D eigenvalue weighted by Gasteiger charge is 2.31. The number of nitrogens with one attached hydrogen (secondary N) is 1. The Hall–Kier alpha value is -1.88. The van der Waals surface area contributed by atoms with Crippen LogP contribution in [0.5, 0.6) is 0 Å². The molecule has 1 aliphatic rings. The van der Waals surface area contributed by atoms with Crippen LogP contribution in [0.15, 0.2) is 30.3 Å². The number of hydrogen-bond donors (Lipinski definition) is 2. The molecular weight excluding hydrogens is 254 g/mol. The van der Waals surface area contributed by atoms with Crippen LogP contribution in [0.25, 0.3) is 0 Å². The van der Waals surface area contributed by atoms with Gasteiger partial charge in [0, 0.05) is 13.1 Å². The van der Waals surface area contributed by atoms with E-state index >= 15 is 0 Å². The maximum atomic E-state index is 12.3. The lowest BCUT2D eigenvalue weighted by molar-refractivity contribution is -0.143. The number of aryl methyl sites for hydroxylation is 1. The Labute approximate surface area is 119 Å². The molecule has 2 amide bonds. The van der Waals surface area contributed by atoms with E-state index in [0.29, 0.717) is 19.5 Å². The SMILES string of the molecule is CC1C(=O)NCCN1C(=O)[C@@H](N)CCc1ccccc1. The van der Waals surface area contributed by atoms with Crippen molar-refractivity contribution in [2.24, 2.45) is 5.73 Å². The van der Waals surface area contributed by atoms with Gasteiger partial charge in [0.15, 0.2) is 0 Å². The molecular formula is C15H21N3O2. The smallest absolute Gasteiger partial charge is 0.242 e. The van der Waals surface area contributed by atoms with Crippen LogP contribution >= 0.6 is 0 Å². The largest absolute Gasteiger partial charge is 0.353 e. The number of rotatable bonds is 4. The van der Waals surface area contributed by atoms with Crippen LogP contribution in [0.4, 0.5) is 0 Å². The van der Waals surface area contributed by atoms with Gasteiger partial charge in [-0.15, -0.1) is 0 Å². The van der Waals surface area contributed by atoms with E-state index in [-0.39, 0.29) is 11.8 Å². The summed E-state index contributed by atoms with van der Waals surface area (Å²) >= 11 is 0. The zero-order chi connectivity index (χ0) is 14.5. The molecule has 1 aliphatic heterocycles. The van der Waals surface area contributed by atoms with Gasteiger partial charge in [-0.2, -0.15) is 0 Å². The molecule has 0 aliphatic carbocycles. The zero-order valence-corrected chi connectivity index (χ0v) is 11.7. The predicted molar refractivity (Wildman–Crippen MR) is 76.9 cm³/mol. The van der Waals surface area contributed by atoms with Crippen molar-refractivity contribution in [3.63, 3.8) is 0 Å². The normalized spacial score (nSPS) is 20.4. The average Bonchev–Trinajstić information content (AvgIpc) is 2.48. The van der Waals surface area contributed by atoms with Crippen LogP contribution < -0.4 is 11.1 Å². The predicted octanol–water partition coefficient (Wildman–Crippen LogP) is 0.293. The van der Waals surface area contributed by atoms with Gasteiger partial charge >= 0.3 is 0 Å². The second-order valence-electron chi connectivity index (χ2n) is 5.13. The summed E-state index contributed by atoms with van der Waals surface area (Å²) < 4.78 is 0. The van der Waals surface area contributed by atoms with Gasteiger partial charge in [-0.1, -0.05) is 30.3 Å². The lowest BCUT2D eigenvalue weighted by atomic mass is 10.0. The molecule has 1 fully saturated rings. The summed E-state index contributed by atoms with van der Waals surface area (Å²) in [6, 6.07) is 8.97. The lowest BCUT2D eigenvalue weighted by Gasteiger charge is -2.34. The lowest BCUT2D eigenvalue weighted by Crippen LogP contribution is -2.59. The van der Waals surface area contributed by atoms with Crippen molar-refractivity contribution in [2.45, 2.75) is 31.8 Å². The Balaban J connectivity index is 1.90. The maximum Gasteiger partial charge on any atom is 0.242 e. The summed E-state index contributed by atoms with van der Waals surface area (Å²) in [5.74, 6) is -0.247. The summed E-state index contributed by atoms with van der Waals surface area (Å²) in [4.78, 5) is 25.4. The topological polar surface area (TPSA) is 75.4 Å². The van der Waals surface area contributed by atoms with E-state index in [2.05, 4.69) is 5.32 Å². The van der Waals surface area contributed by atoms with Gasteiger partial charge in [-0.3, -0.25) is 9.59 Å². The van der Waals surface area contributed by atoms with Gasteiger partial charge in [0.1, 0.15) is 6.04 Å². The van der Waals surface area contributed by atoms with Gasteiger partial charge in [0.05, 0.1) is 6.04 Å². The van der Waals surface area contributed by atoms with Crippen LogP contribution in [0.2, 0.25) is 0 Å². The number of hydrogen-bond acceptors (Lipinski definition) is 3. The number of carbonyl (C=O) groups excluding carboxylic acids is 2. The molecule has 5 heteroatoms. The van der Waals surface area contributed by atoms with Crippen molar-refractivity contribution in [2.75, 3.05) is 13.1 Å². The molecule has 1 saturated heterocycles. The van der Waals surface area contributed by atoms with Crippen LogP contribution in [0, 0.1) is 0 Å². The van der Waals surface area contributed by atoms with Gasteiger partial charge in [0.25, 0.3) is 0 Å². The minimum absolute atomic E-state index is 0.111. The number of benzene rings is 1. The minimum atomic E-state index is -0.552. The molecule has 0 aromatic heterocycles. The van der Waals surface area contributed by atoms with Crippen LogP contribution in [-0.4, -0.2) is 41.9 Å². The fourth-order valence-corrected chi connectivity index (χ4v) is 2.39. The average molecular weight is 275 g/mol. The van der Waals surface area contributed by atoms with E-state index < -0.39 is 12.1 Å². The fourth-order valence-electron chi connectivity index (χ4n) is 2.39. The molecule has 1 aromatic carbocycles. The number of carbonyl (C=O) groups is 2. The second kappa shape index (κ2) is 6.52. The standard InChI is InChI=1S/C15H21N3O2/c1-11-14(19)17-9-10-18(11)15(20)13(16)8-7-12-5-3-2-4-6-12/h2-6,11,13H,7-10,16H2,1H3,(H,17,19)/t11?,13-/m0/s1. The van der Waals surface area contributed by atoms with Crippen molar-refractivity contribution < 1.29 is 9.59 Å². The minimum Gasteiger partial charge on any atom is -0.353 e. The van der Waals surface area contributed by atoms with Gasteiger partial charge < -0.3 is 16.0 Å². The summed E-state index contributed by atoms with van der Waals surface area (Å²) in [5, 5.41) is 2.74. The van der Waals surface area contributed by atoms with E-state index in [1.165, 1.54) is 5.56 Å². The monoisotopic (exact) mass is 275 g/mol. The first-order chi connectivity index (χ1) is 9.59. The van der Waals surface area contributed by atoms with Crippen molar-refractivity contribution in [1.29, 1.82) is 0 Å². The van der Waals surface area contributed by atoms with E-state index in [1.54, 1.807) is 11.8 Å². The number of piperazine rings is 1. The van der Waals surface area contributed by atoms with Crippen LogP contribution in [-0.2, 0) is 16.0 Å². The molecule has 2 atom stereocenters. The molecule has 5 nitrogen and oxygen atoms in total. The number of amides is 2. The fraction of sp³-hybridized carbons (Fsp3) is 0.467. The van der Waals surface area contributed by atoms with Crippen molar-refractivity contribution >= 4 is 11.8 Å². The Morgan fingerprint density at radius 3 is 2.85 bits per heavy atom. The summed E-state index contributed by atoms with van der Waals surface area (Å²) in [6.07, 6.45) is 1.36. The van der Waals surface area contributed by atoms with Crippen molar-refractivity contribution in [1.82, 2.24) is 10.2 Å². The van der Waals surface area contributed by atoms with E-state index in [4.69, 9.17) is 5.73 Å². The molecule has 0 spiro atoms. The summed E-state index contributed by atoms with van der Waals surface area (Å²) in [7, 11) is 0. The molecule has 3 N–H and O–H groups in total. The van der Waals surface area contributed by atoms with Crippen molar-refractivity contribution in [3.05, 3.63) is 35.9 Å². The molecule has 0 radical (unpaired) electrons. The third-order valence-electron chi connectivity index (χ3n) is 3.69. The first-order valence-electron chi connectivity index (χ1n) is 6.97. The number of nitrogens with two attached hydrogens (primary N) is 1. The van der Waals surface area contributed by atoms with Crippen LogP contribution in [0.3, 0.4) is 0 Å². The molecule has 0 saturated carbocycles. The highest BCUT2D eigenvalue weighted by molar-refractivity contribution is 5.90. The van der Waals surface area contributed by atoms with E-state index in [0.717, 1.165) is 6.42 Å². The summed E-state index contributed by atoms with van der Waals surface area (Å²) in [5.41, 5.74) is 7.15. The van der Waals surface area contributed by atoms with E-state index in [1.807, 2.05) is 30.3 Å². The first kappa shape index (κ1) is 14.5. The Bertz CT molecular complexity index is 475. The van der Waals surface area contributed by atoms with Crippen LogP contribution in [0.1, 0.15) is 18.9 Å². The highest BCUT2D eigenvalue weighted by Crippen LogP contribution is 2.10. The second-order valence-corrected chi connectivity index (χ2v) is 5.13. The van der Waals surface area contributed by atoms with Gasteiger partial charge in [0.2, 0.25) is 11.8 Å². The zero-order valence-electron chi connectivity index (χ0n) is 11.7. The molecule has 20 heavy (non-hydrogen) atoms. The third kappa shape index (κ3) is 3.36. The molecule has 0 bridgehead atoms. The molecule has 2 rings (SSSR count). The molecule has 1 unspecified atom stereocenters. The Morgan fingerprint density at radius 1 is 1.45 bits per heavy atom. The highest BCUT2D eigenvalue weighted by atomic mass is 16.2. The van der Waals surface area contributed by atoms with Gasteiger partial charge in [-0.05, 0) is 25.3 Å². The quantitative estimate of drug-likeness (QED) is 0.829. The third-order valence-corrected chi connectivity index (χ3v) is 3.69. The van der Waals surface area contributed by atoms with Gasteiger partial charge in [-0.25, -0.2) is 0 Å². The molecule has 1 heterocycles. The Kier molecular flexibility index (Phi) is 4.74. The first-order valence-corrected chi connectivity index (χ1v) is 6.97. The van der Waals surface area contributed by atoms with Crippen molar-refractivity contribution in [3.8, 4) is 0 Å². The summed E-state index contributed by atoms with van der Waals surface area (Å²) in [6.45, 7) is 2.77. The molecule has 108 valence electrons. The maximum absolute atomic E-state index is 12.3. The molecule has 1 aromatic rings. The number of nitrogens with zero attached hydrogens (tertiary/aromatic N) is 1.